The number of aromatic nitrogens is 2. The van der Waals surface area contributed by atoms with Crippen LogP contribution < -0.4 is 5.73 Å². The second-order valence-electron chi connectivity index (χ2n) is 3.84. The van der Waals surface area contributed by atoms with Gasteiger partial charge in [0.05, 0.1) is 10.7 Å². The monoisotopic (exact) mass is 243 g/mol. The quantitative estimate of drug-likeness (QED) is 0.667. The molecule has 4 heteroatoms. The summed E-state index contributed by atoms with van der Waals surface area (Å²) in [5.41, 5.74) is 9.08. The van der Waals surface area contributed by atoms with Crippen molar-refractivity contribution >= 4 is 22.9 Å². The van der Waals surface area contributed by atoms with E-state index in [1.54, 1.807) is 0 Å². The molecule has 0 aliphatic rings. The number of pyridine rings is 1. The molecule has 0 atom stereocenters. The summed E-state index contributed by atoms with van der Waals surface area (Å²) in [4.78, 5) is 4.50. The average Bonchev–Trinajstić information content (AvgIpc) is 2.75. The Balaban J connectivity index is 2.18. The van der Waals surface area contributed by atoms with Crippen LogP contribution in [0.3, 0.4) is 0 Å². The molecule has 2 heterocycles. The fraction of sp³-hybridized carbons (Fsp3) is 0. The number of imidazole rings is 1. The number of nitrogens with zero attached hydrogens (tertiary/aromatic N) is 2. The highest BCUT2D eigenvalue weighted by molar-refractivity contribution is 6.33. The van der Waals surface area contributed by atoms with Crippen LogP contribution in [-0.2, 0) is 0 Å². The summed E-state index contributed by atoms with van der Waals surface area (Å²) in [5, 5.41) is 0.647. The van der Waals surface area contributed by atoms with Crippen LogP contribution >= 0.6 is 11.6 Å². The van der Waals surface area contributed by atoms with Crippen LogP contribution in [-0.4, -0.2) is 9.38 Å². The van der Waals surface area contributed by atoms with Gasteiger partial charge in [-0.1, -0.05) is 23.7 Å². The predicted molar refractivity (Wildman–Crippen MR) is 70.1 cm³/mol. The fourth-order valence-corrected chi connectivity index (χ4v) is 1.98. The zero-order chi connectivity index (χ0) is 11.8. The maximum absolute atomic E-state index is 6.08. The molecule has 0 fully saturated rings. The van der Waals surface area contributed by atoms with E-state index in [1.165, 1.54) is 0 Å². The number of benzene rings is 1. The Morgan fingerprint density at radius 3 is 2.59 bits per heavy atom. The van der Waals surface area contributed by atoms with Gasteiger partial charge in [0.15, 0.2) is 5.65 Å². The summed E-state index contributed by atoms with van der Waals surface area (Å²) in [6.45, 7) is 0. The molecule has 0 unspecified atom stereocenters. The Bertz CT molecular complexity index is 671. The molecular formula is C13H10ClN3. The lowest BCUT2D eigenvalue weighted by atomic mass is 10.1. The molecule has 84 valence electrons. The van der Waals surface area contributed by atoms with E-state index in [-0.39, 0.29) is 0 Å². The van der Waals surface area contributed by atoms with E-state index in [0.29, 0.717) is 5.02 Å². The number of hydrogen-bond donors (Lipinski definition) is 1. The Labute approximate surface area is 103 Å². The van der Waals surface area contributed by atoms with Crippen molar-refractivity contribution in [1.82, 2.24) is 9.38 Å². The van der Waals surface area contributed by atoms with Crippen molar-refractivity contribution in [2.24, 2.45) is 0 Å². The van der Waals surface area contributed by atoms with Gasteiger partial charge in [-0.3, -0.25) is 0 Å². The molecule has 3 rings (SSSR count). The number of nitrogen functional groups attached to an aromatic ring is 1. The second-order valence-corrected chi connectivity index (χ2v) is 4.24. The number of nitrogens with two attached hydrogens (primary N) is 1. The van der Waals surface area contributed by atoms with Crippen molar-refractivity contribution in [2.75, 3.05) is 5.73 Å². The van der Waals surface area contributed by atoms with Crippen LogP contribution in [0.1, 0.15) is 0 Å². The Hall–Kier alpha value is -2.00. The Morgan fingerprint density at radius 1 is 1.12 bits per heavy atom. The molecule has 2 aromatic heterocycles. The van der Waals surface area contributed by atoms with Crippen molar-refractivity contribution in [3.63, 3.8) is 0 Å². The summed E-state index contributed by atoms with van der Waals surface area (Å²) < 4.78 is 1.91. The van der Waals surface area contributed by atoms with Gasteiger partial charge in [0, 0.05) is 23.6 Å². The zero-order valence-corrected chi connectivity index (χ0v) is 9.72. The van der Waals surface area contributed by atoms with Gasteiger partial charge >= 0.3 is 0 Å². The zero-order valence-electron chi connectivity index (χ0n) is 8.97. The number of anilines is 1. The first-order valence-corrected chi connectivity index (χ1v) is 5.61. The molecule has 1 aromatic carbocycles. The van der Waals surface area contributed by atoms with Crippen molar-refractivity contribution in [1.29, 1.82) is 0 Å². The topological polar surface area (TPSA) is 43.3 Å². The van der Waals surface area contributed by atoms with Gasteiger partial charge in [0.25, 0.3) is 0 Å². The third-order valence-corrected chi connectivity index (χ3v) is 2.94. The van der Waals surface area contributed by atoms with E-state index >= 15 is 0 Å². The molecule has 3 aromatic rings. The normalized spacial score (nSPS) is 10.9. The van der Waals surface area contributed by atoms with Gasteiger partial charge in [-0.25, -0.2) is 4.98 Å². The molecule has 0 bridgehead atoms. The third kappa shape index (κ3) is 1.74. The van der Waals surface area contributed by atoms with Crippen LogP contribution in [0.4, 0.5) is 5.69 Å². The van der Waals surface area contributed by atoms with Crippen LogP contribution in [0.2, 0.25) is 5.02 Å². The molecule has 0 amide bonds. The smallest absolute Gasteiger partial charge is 0.156 e. The molecular weight excluding hydrogens is 234 g/mol. The van der Waals surface area contributed by atoms with Gasteiger partial charge in [-0.15, -0.1) is 0 Å². The number of hydrogen-bond acceptors (Lipinski definition) is 2. The summed E-state index contributed by atoms with van der Waals surface area (Å²) >= 11 is 6.08. The van der Waals surface area contributed by atoms with E-state index < -0.39 is 0 Å². The van der Waals surface area contributed by atoms with Crippen LogP contribution in [0, 0.1) is 0 Å². The standard InChI is InChI=1S/C13H10ClN3/c14-11-2-1-7-17-8-12(16-13(11)17)9-3-5-10(15)6-4-9/h1-8H,15H2. The van der Waals surface area contributed by atoms with E-state index in [1.807, 2.05) is 53.2 Å². The molecule has 2 N–H and O–H groups in total. The highest BCUT2D eigenvalue weighted by Crippen LogP contribution is 2.23. The molecule has 0 saturated heterocycles. The van der Waals surface area contributed by atoms with Gasteiger partial charge < -0.3 is 10.1 Å². The van der Waals surface area contributed by atoms with Crippen molar-refractivity contribution in [3.8, 4) is 11.3 Å². The van der Waals surface area contributed by atoms with Crippen molar-refractivity contribution in [2.45, 2.75) is 0 Å². The van der Waals surface area contributed by atoms with E-state index in [2.05, 4.69) is 4.98 Å². The van der Waals surface area contributed by atoms with Crippen molar-refractivity contribution in [3.05, 3.63) is 53.8 Å². The minimum absolute atomic E-state index is 0.647. The van der Waals surface area contributed by atoms with Gasteiger partial charge in [-0.05, 0) is 24.3 Å². The van der Waals surface area contributed by atoms with E-state index in [0.717, 1.165) is 22.6 Å². The first kappa shape index (κ1) is 10.2. The minimum Gasteiger partial charge on any atom is -0.399 e. The highest BCUT2D eigenvalue weighted by Gasteiger charge is 2.06. The summed E-state index contributed by atoms with van der Waals surface area (Å²) in [6, 6.07) is 11.3. The molecule has 0 aliphatic carbocycles. The SMILES string of the molecule is Nc1ccc(-c2cn3cccc(Cl)c3n2)cc1. The van der Waals surface area contributed by atoms with Crippen molar-refractivity contribution < 1.29 is 0 Å². The highest BCUT2D eigenvalue weighted by atomic mass is 35.5. The second kappa shape index (κ2) is 3.79. The number of fused-ring (bicyclic) bond motifs is 1. The summed E-state index contributed by atoms with van der Waals surface area (Å²) in [5.74, 6) is 0. The largest absolute Gasteiger partial charge is 0.399 e. The number of halogens is 1. The lowest BCUT2D eigenvalue weighted by Crippen LogP contribution is -1.83. The van der Waals surface area contributed by atoms with Crippen LogP contribution in [0.25, 0.3) is 16.9 Å². The first-order valence-electron chi connectivity index (χ1n) is 5.23. The predicted octanol–water partition coefficient (Wildman–Crippen LogP) is 3.24. The molecule has 3 nitrogen and oxygen atoms in total. The third-order valence-electron chi connectivity index (χ3n) is 2.64. The van der Waals surface area contributed by atoms with Crippen LogP contribution in [0.15, 0.2) is 48.8 Å². The van der Waals surface area contributed by atoms with Gasteiger partial charge in [0.2, 0.25) is 0 Å². The van der Waals surface area contributed by atoms with Crippen LogP contribution in [0.5, 0.6) is 0 Å². The number of rotatable bonds is 1. The fourth-order valence-electron chi connectivity index (χ4n) is 1.77. The Morgan fingerprint density at radius 2 is 1.88 bits per heavy atom. The van der Waals surface area contributed by atoms with E-state index in [9.17, 15) is 0 Å². The Kier molecular flexibility index (Phi) is 2.27. The maximum Gasteiger partial charge on any atom is 0.156 e. The summed E-state index contributed by atoms with van der Waals surface area (Å²) in [6.07, 6.45) is 3.88. The lowest BCUT2D eigenvalue weighted by molar-refractivity contribution is 1.19. The van der Waals surface area contributed by atoms with E-state index in [4.69, 9.17) is 17.3 Å². The molecule has 0 radical (unpaired) electrons. The average molecular weight is 244 g/mol. The molecule has 0 saturated carbocycles. The van der Waals surface area contributed by atoms with Gasteiger partial charge in [0.1, 0.15) is 0 Å². The molecule has 0 aliphatic heterocycles. The van der Waals surface area contributed by atoms with Gasteiger partial charge in [-0.2, -0.15) is 0 Å². The minimum atomic E-state index is 0.647. The first-order chi connectivity index (χ1) is 8.24. The summed E-state index contributed by atoms with van der Waals surface area (Å²) in [7, 11) is 0. The molecule has 0 spiro atoms. The lowest BCUT2D eigenvalue weighted by Gasteiger charge is -1.96. The molecule has 17 heavy (non-hydrogen) atoms. The maximum atomic E-state index is 6.08.